The Kier molecular flexibility index (Phi) is 3.80. The molecule has 1 saturated heterocycles. The molecule has 3 unspecified atom stereocenters. The Hall–Kier alpha value is -0.220. The maximum Gasteiger partial charge on any atom is 0.241 e. The monoisotopic (exact) mass is 242 g/mol. The second-order valence-electron chi connectivity index (χ2n) is 5.16. The Balaban J connectivity index is 2.03. The lowest BCUT2D eigenvalue weighted by Gasteiger charge is -2.28. The van der Waals surface area contributed by atoms with Gasteiger partial charge in [-0.15, -0.1) is 0 Å². The Morgan fingerprint density at radius 1 is 1.44 bits per heavy atom. The summed E-state index contributed by atoms with van der Waals surface area (Å²) in [6.07, 6.45) is 5.88. The molecular formula is C12H22N2OS. The van der Waals surface area contributed by atoms with E-state index in [1.165, 1.54) is 19.3 Å². The number of hydrogen-bond donors (Lipinski definition) is 1. The molecule has 2 fully saturated rings. The third-order valence-electron chi connectivity index (χ3n) is 3.82. The first-order valence-corrected chi connectivity index (χ1v) is 7.50. The molecule has 0 aromatic rings. The fourth-order valence-electron chi connectivity index (χ4n) is 2.88. The first-order chi connectivity index (χ1) is 7.65. The fraction of sp³-hybridized carbons (Fsp3) is 0.917. The number of carbonyl (C=O) groups is 1. The van der Waals surface area contributed by atoms with Gasteiger partial charge in [0.2, 0.25) is 5.91 Å². The highest BCUT2D eigenvalue weighted by molar-refractivity contribution is 7.99. The summed E-state index contributed by atoms with van der Waals surface area (Å²) in [5.41, 5.74) is 0. The highest BCUT2D eigenvalue weighted by Crippen LogP contribution is 2.33. The summed E-state index contributed by atoms with van der Waals surface area (Å²) in [4.78, 5) is 14.3. The minimum Gasteiger partial charge on any atom is -0.324 e. The van der Waals surface area contributed by atoms with Crippen LogP contribution >= 0.6 is 11.8 Å². The molecule has 0 radical (unpaired) electrons. The minimum atomic E-state index is 0.0445. The molecular weight excluding hydrogens is 220 g/mol. The van der Waals surface area contributed by atoms with Gasteiger partial charge in [0.1, 0.15) is 0 Å². The number of hydrogen-bond acceptors (Lipinski definition) is 3. The van der Waals surface area contributed by atoms with Gasteiger partial charge in [-0.25, -0.2) is 0 Å². The van der Waals surface area contributed by atoms with Gasteiger partial charge in [0.05, 0.1) is 12.7 Å². The molecule has 2 aliphatic rings. The van der Waals surface area contributed by atoms with Crippen molar-refractivity contribution in [2.24, 2.45) is 5.92 Å². The first kappa shape index (κ1) is 12.2. The van der Waals surface area contributed by atoms with Crippen molar-refractivity contribution < 1.29 is 4.79 Å². The maximum absolute atomic E-state index is 12.2. The number of nitrogens with one attached hydrogen (secondary N) is 1. The highest BCUT2D eigenvalue weighted by Gasteiger charge is 2.41. The van der Waals surface area contributed by atoms with Crippen LogP contribution in [0.4, 0.5) is 0 Å². The van der Waals surface area contributed by atoms with Crippen molar-refractivity contribution in [3.8, 4) is 0 Å². The predicted molar refractivity (Wildman–Crippen MR) is 68.4 cm³/mol. The second-order valence-corrected chi connectivity index (χ2v) is 6.24. The standard InChI is InChI=1S/C12H22N2OS/c1-8(2)11-12(15)14(7-13-11)9-5-4-6-10(9)16-3/h8-11,13H,4-7H2,1-3H3. The summed E-state index contributed by atoms with van der Waals surface area (Å²) in [7, 11) is 0. The van der Waals surface area contributed by atoms with Gasteiger partial charge in [0.15, 0.2) is 0 Å². The second kappa shape index (κ2) is 4.96. The highest BCUT2D eigenvalue weighted by atomic mass is 32.2. The van der Waals surface area contributed by atoms with Crippen molar-refractivity contribution in [3.63, 3.8) is 0 Å². The van der Waals surface area contributed by atoms with Gasteiger partial charge >= 0.3 is 0 Å². The van der Waals surface area contributed by atoms with Gasteiger partial charge in [-0.2, -0.15) is 11.8 Å². The fourth-order valence-corrected chi connectivity index (χ4v) is 3.88. The SMILES string of the molecule is CSC1CCCC1N1CNC(C(C)C)C1=O. The maximum atomic E-state index is 12.2. The van der Waals surface area contributed by atoms with E-state index < -0.39 is 0 Å². The van der Waals surface area contributed by atoms with E-state index in [0.717, 1.165) is 6.67 Å². The van der Waals surface area contributed by atoms with Crippen molar-refractivity contribution >= 4 is 17.7 Å². The van der Waals surface area contributed by atoms with Gasteiger partial charge in [0.25, 0.3) is 0 Å². The van der Waals surface area contributed by atoms with Crippen molar-refractivity contribution in [1.29, 1.82) is 0 Å². The van der Waals surface area contributed by atoms with Crippen molar-refractivity contribution in [2.75, 3.05) is 12.9 Å². The number of rotatable bonds is 3. The van der Waals surface area contributed by atoms with E-state index in [1.54, 1.807) is 0 Å². The third kappa shape index (κ3) is 2.09. The third-order valence-corrected chi connectivity index (χ3v) is 4.97. The molecule has 1 aliphatic carbocycles. The lowest BCUT2D eigenvalue weighted by atomic mass is 10.0. The van der Waals surface area contributed by atoms with Gasteiger partial charge < -0.3 is 4.90 Å². The van der Waals surface area contributed by atoms with E-state index in [2.05, 4.69) is 30.3 Å². The molecule has 0 spiro atoms. The Bertz CT molecular complexity index is 270. The molecule has 16 heavy (non-hydrogen) atoms. The summed E-state index contributed by atoms with van der Waals surface area (Å²) in [5, 5.41) is 3.99. The van der Waals surface area contributed by atoms with E-state index in [9.17, 15) is 4.79 Å². The van der Waals surface area contributed by atoms with Crippen molar-refractivity contribution in [3.05, 3.63) is 0 Å². The molecule has 1 amide bonds. The van der Waals surface area contributed by atoms with Crippen LogP contribution in [0.15, 0.2) is 0 Å². The summed E-state index contributed by atoms with van der Waals surface area (Å²) < 4.78 is 0. The lowest BCUT2D eigenvalue weighted by molar-refractivity contribution is -0.131. The van der Waals surface area contributed by atoms with Crippen LogP contribution in [0.3, 0.4) is 0 Å². The van der Waals surface area contributed by atoms with Crippen LogP contribution in [0, 0.1) is 5.92 Å². The van der Waals surface area contributed by atoms with E-state index >= 15 is 0 Å². The summed E-state index contributed by atoms with van der Waals surface area (Å²) in [5.74, 6) is 0.715. The molecule has 0 aromatic carbocycles. The van der Waals surface area contributed by atoms with Gasteiger partial charge in [-0.1, -0.05) is 20.3 Å². The number of amides is 1. The lowest BCUT2D eigenvalue weighted by Crippen LogP contribution is -2.42. The Morgan fingerprint density at radius 3 is 2.75 bits per heavy atom. The Labute approximate surface area is 102 Å². The van der Waals surface area contributed by atoms with E-state index in [1.807, 2.05) is 11.8 Å². The Morgan fingerprint density at radius 2 is 2.19 bits per heavy atom. The number of nitrogens with zero attached hydrogens (tertiary/aromatic N) is 1. The van der Waals surface area contributed by atoms with Crippen molar-refractivity contribution in [1.82, 2.24) is 10.2 Å². The first-order valence-electron chi connectivity index (χ1n) is 6.21. The molecule has 0 bridgehead atoms. The molecule has 0 aromatic heterocycles. The van der Waals surface area contributed by atoms with Crippen LogP contribution in [0.25, 0.3) is 0 Å². The van der Waals surface area contributed by atoms with Crippen molar-refractivity contribution in [2.45, 2.75) is 50.4 Å². The zero-order valence-corrected chi connectivity index (χ0v) is 11.2. The largest absolute Gasteiger partial charge is 0.324 e. The van der Waals surface area contributed by atoms with Crippen LogP contribution in [0.1, 0.15) is 33.1 Å². The quantitative estimate of drug-likeness (QED) is 0.817. The molecule has 3 nitrogen and oxygen atoms in total. The zero-order chi connectivity index (χ0) is 11.7. The average Bonchev–Trinajstić information content (AvgIpc) is 2.82. The molecule has 1 saturated carbocycles. The molecule has 3 atom stereocenters. The molecule has 1 heterocycles. The summed E-state index contributed by atoms with van der Waals surface area (Å²) in [6.45, 7) is 4.98. The van der Waals surface area contributed by atoms with Crippen LogP contribution < -0.4 is 5.32 Å². The molecule has 4 heteroatoms. The van der Waals surface area contributed by atoms with E-state index in [4.69, 9.17) is 0 Å². The van der Waals surface area contributed by atoms with Crippen LogP contribution in [-0.2, 0) is 4.79 Å². The summed E-state index contributed by atoms with van der Waals surface area (Å²) >= 11 is 1.92. The minimum absolute atomic E-state index is 0.0445. The number of thioether (sulfide) groups is 1. The molecule has 92 valence electrons. The van der Waals surface area contributed by atoms with Crippen LogP contribution in [0.5, 0.6) is 0 Å². The number of carbonyl (C=O) groups excluding carboxylic acids is 1. The molecule has 1 N–H and O–H groups in total. The van der Waals surface area contributed by atoms with Gasteiger partial charge in [0, 0.05) is 11.3 Å². The molecule has 1 aliphatic heterocycles. The van der Waals surface area contributed by atoms with Crippen LogP contribution in [-0.4, -0.2) is 41.1 Å². The predicted octanol–water partition coefficient (Wildman–Crippen LogP) is 1.68. The van der Waals surface area contributed by atoms with E-state index in [-0.39, 0.29) is 6.04 Å². The van der Waals surface area contributed by atoms with Gasteiger partial charge in [-0.05, 0) is 25.0 Å². The topological polar surface area (TPSA) is 32.3 Å². The van der Waals surface area contributed by atoms with Gasteiger partial charge in [-0.3, -0.25) is 10.1 Å². The smallest absolute Gasteiger partial charge is 0.241 e. The average molecular weight is 242 g/mol. The van der Waals surface area contributed by atoms with E-state index in [0.29, 0.717) is 23.1 Å². The zero-order valence-electron chi connectivity index (χ0n) is 10.4. The van der Waals surface area contributed by atoms with Crippen LogP contribution in [0.2, 0.25) is 0 Å². The normalized spacial score (nSPS) is 35.4. The molecule has 2 rings (SSSR count). The summed E-state index contributed by atoms with van der Waals surface area (Å²) in [6, 6.07) is 0.516.